The monoisotopic (exact) mass is 249 g/mol. The quantitative estimate of drug-likeness (QED) is 0.884. The fraction of sp³-hybridized carbons (Fsp3) is 0.571. The van der Waals surface area contributed by atoms with Crippen molar-refractivity contribution in [3.8, 4) is 6.07 Å². The van der Waals surface area contributed by atoms with Crippen molar-refractivity contribution in [3.63, 3.8) is 0 Å². The van der Waals surface area contributed by atoms with Crippen LogP contribution in [0.2, 0.25) is 0 Å². The highest BCUT2D eigenvalue weighted by atomic mass is 19.1. The standard InChI is InChI=1S/C14H20FN3/c1-6-13(2,3)14(4,5)18-12-11(15)7-10(8-16)9-17-12/h7,9H,6H2,1-5H3,(H,17,18). The Hall–Kier alpha value is -1.63. The average molecular weight is 249 g/mol. The van der Waals surface area contributed by atoms with E-state index in [1.807, 2.05) is 19.9 Å². The van der Waals surface area contributed by atoms with Gasteiger partial charge < -0.3 is 5.32 Å². The van der Waals surface area contributed by atoms with Crippen LogP contribution in [0.1, 0.15) is 46.6 Å². The largest absolute Gasteiger partial charge is 0.362 e. The second-order valence-electron chi connectivity index (χ2n) is 5.65. The van der Waals surface area contributed by atoms with Gasteiger partial charge in [-0.25, -0.2) is 9.37 Å². The molecule has 1 heterocycles. The Labute approximate surface area is 108 Å². The lowest BCUT2D eigenvalue weighted by Gasteiger charge is -2.42. The molecule has 0 saturated carbocycles. The van der Waals surface area contributed by atoms with E-state index in [9.17, 15) is 4.39 Å². The number of anilines is 1. The SMILES string of the molecule is CCC(C)(C)C(C)(C)Nc1ncc(C#N)cc1F. The molecule has 4 heteroatoms. The Bertz CT molecular complexity index is 472. The molecule has 0 fully saturated rings. The molecule has 18 heavy (non-hydrogen) atoms. The maximum atomic E-state index is 13.8. The van der Waals surface area contributed by atoms with Gasteiger partial charge in [0.2, 0.25) is 0 Å². The number of nitriles is 1. The Morgan fingerprint density at radius 1 is 1.39 bits per heavy atom. The van der Waals surface area contributed by atoms with Crippen molar-refractivity contribution in [2.45, 2.75) is 46.6 Å². The van der Waals surface area contributed by atoms with Gasteiger partial charge in [0.05, 0.1) is 5.56 Å². The molecule has 0 radical (unpaired) electrons. The summed E-state index contributed by atoms with van der Waals surface area (Å²) in [5, 5.41) is 11.8. The molecule has 0 bridgehead atoms. The maximum absolute atomic E-state index is 13.8. The van der Waals surface area contributed by atoms with Gasteiger partial charge in [-0.15, -0.1) is 0 Å². The van der Waals surface area contributed by atoms with E-state index in [0.29, 0.717) is 0 Å². The molecular weight excluding hydrogens is 229 g/mol. The van der Waals surface area contributed by atoms with E-state index >= 15 is 0 Å². The molecule has 1 aromatic heterocycles. The third-order valence-corrected chi connectivity index (χ3v) is 3.98. The Kier molecular flexibility index (Phi) is 3.95. The van der Waals surface area contributed by atoms with Crippen molar-refractivity contribution < 1.29 is 4.39 Å². The van der Waals surface area contributed by atoms with E-state index in [1.165, 1.54) is 12.3 Å². The summed E-state index contributed by atoms with van der Waals surface area (Å²) in [5.41, 5.74) is -0.0794. The Balaban J connectivity index is 3.02. The lowest BCUT2D eigenvalue weighted by molar-refractivity contribution is 0.214. The van der Waals surface area contributed by atoms with Crippen molar-refractivity contribution in [2.75, 3.05) is 5.32 Å². The molecule has 1 aromatic rings. The Morgan fingerprint density at radius 2 is 2.00 bits per heavy atom. The third-order valence-electron chi connectivity index (χ3n) is 3.98. The van der Waals surface area contributed by atoms with Gasteiger partial charge in [0.25, 0.3) is 0 Å². The van der Waals surface area contributed by atoms with Crippen LogP contribution in [-0.2, 0) is 0 Å². The molecule has 98 valence electrons. The number of pyridine rings is 1. The molecule has 0 aliphatic rings. The maximum Gasteiger partial charge on any atom is 0.166 e. The van der Waals surface area contributed by atoms with Gasteiger partial charge >= 0.3 is 0 Å². The summed E-state index contributed by atoms with van der Waals surface area (Å²) in [6.45, 7) is 10.4. The first-order chi connectivity index (χ1) is 8.23. The number of rotatable bonds is 4. The van der Waals surface area contributed by atoms with Gasteiger partial charge in [-0.2, -0.15) is 5.26 Å². The predicted molar refractivity (Wildman–Crippen MR) is 70.7 cm³/mol. The molecule has 0 saturated heterocycles. The molecule has 0 amide bonds. The fourth-order valence-electron chi connectivity index (χ4n) is 1.50. The van der Waals surface area contributed by atoms with Crippen molar-refractivity contribution in [2.24, 2.45) is 5.41 Å². The van der Waals surface area contributed by atoms with Crippen LogP contribution >= 0.6 is 0 Å². The van der Waals surface area contributed by atoms with Crippen LogP contribution < -0.4 is 5.32 Å². The lowest BCUT2D eigenvalue weighted by atomic mass is 9.72. The second-order valence-corrected chi connectivity index (χ2v) is 5.65. The second kappa shape index (κ2) is 4.93. The number of halogens is 1. The molecule has 0 spiro atoms. The van der Waals surface area contributed by atoms with Crippen molar-refractivity contribution in [3.05, 3.63) is 23.6 Å². The normalized spacial score (nSPS) is 12.1. The lowest BCUT2D eigenvalue weighted by Crippen LogP contribution is -2.46. The first-order valence-electron chi connectivity index (χ1n) is 6.07. The zero-order chi connectivity index (χ0) is 14.0. The van der Waals surface area contributed by atoms with E-state index in [2.05, 4.69) is 31.1 Å². The van der Waals surface area contributed by atoms with Crippen molar-refractivity contribution in [1.29, 1.82) is 5.26 Å². The van der Waals surface area contributed by atoms with Crippen LogP contribution in [0.15, 0.2) is 12.3 Å². The van der Waals surface area contributed by atoms with E-state index < -0.39 is 5.82 Å². The minimum atomic E-state index is -0.492. The summed E-state index contributed by atoms with van der Waals surface area (Å²) in [4.78, 5) is 3.97. The molecule has 1 rings (SSSR count). The molecule has 0 aromatic carbocycles. The summed E-state index contributed by atoms with van der Waals surface area (Å²) >= 11 is 0. The van der Waals surface area contributed by atoms with Gasteiger partial charge in [0.1, 0.15) is 6.07 Å². The minimum absolute atomic E-state index is 0.00494. The highest BCUT2D eigenvalue weighted by Gasteiger charge is 2.36. The minimum Gasteiger partial charge on any atom is -0.362 e. The molecule has 3 nitrogen and oxygen atoms in total. The van der Waals surface area contributed by atoms with E-state index in [4.69, 9.17) is 5.26 Å². The first-order valence-corrected chi connectivity index (χ1v) is 6.07. The summed E-state index contributed by atoms with van der Waals surface area (Å²) in [6, 6.07) is 3.07. The number of nitrogens with zero attached hydrogens (tertiary/aromatic N) is 2. The van der Waals surface area contributed by atoms with Gasteiger partial charge in [-0.05, 0) is 31.7 Å². The van der Waals surface area contributed by atoms with Crippen LogP contribution in [0, 0.1) is 22.6 Å². The summed E-state index contributed by atoms with van der Waals surface area (Å²) in [5.74, 6) is -0.297. The third kappa shape index (κ3) is 2.79. The van der Waals surface area contributed by atoms with E-state index in [-0.39, 0.29) is 22.3 Å². The molecule has 0 unspecified atom stereocenters. The number of hydrogen-bond donors (Lipinski definition) is 1. The van der Waals surface area contributed by atoms with Gasteiger partial charge in [-0.1, -0.05) is 20.8 Å². The zero-order valence-electron chi connectivity index (χ0n) is 11.6. The van der Waals surface area contributed by atoms with Crippen LogP contribution in [0.3, 0.4) is 0 Å². The fourth-order valence-corrected chi connectivity index (χ4v) is 1.50. The van der Waals surface area contributed by atoms with Crippen LogP contribution in [0.25, 0.3) is 0 Å². The van der Waals surface area contributed by atoms with Crippen molar-refractivity contribution >= 4 is 5.82 Å². The topological polar surface area (TPSA) is 48.7 Å². The number of hydrogen-bond acceptors (Lipinski definition) is 3. The van der Waals surface area contributed by atoms with Crippen LogP contribution in [0.5, 0.6) is 0 Å². The molecule has 1 N–H and O–H groups in total. The number of nitrogens with one attached hydrogen (secondary N) is 1. The van der Waals surface area contributed by atoms with Crippen LogP contribution in [0.4, 0.5) is 10.2 Å². The highest BCUT2D eigenvalue weighted by molar-refractivity contribution is 5.43. The van der Waals surface area contributed by atoms with Gasteiger partial charge in [-0.3, -0.25) is 0 Å². The summed E-state index contributed by atoms with van der Waals surface area (Å²) < 4.78 is 13.8. The molecular formula is C14H20FN3. The van der Waals surface area contributed by atoms with Gasteiger partial charge in [0, 0.05) is 11.7 Å². The summed E-state index contributed by atoms with van der Waals surface area (Å²) in [7, 11) is 0. The van der Waals surface area contributed by atoms with Crippen molar-refractivity contribution in [1.82, 2.24) is 4.98 Å². The number of aromatic nitrogens is 1. The first kappa shape index (κ1) is 14.4. The molecule has 0 atom stereocenters. The Morgan fingerprint density at radius 3 is 2.44 bits per heavy atom. The van der Waals surface area contributed by atoms with E-state index in [0.717, 1.165) is 6.42 Å². The molecule has 0 aliphatic carbocycles. The summed E-state index contributed by atoms with van der Waals surface area (Å²) in [6.07, 6.45) is 2.34. The van der Waals surface area contributed by atoms with Crippen LogP contribution in [-0.4, -0.2) is 10.5 Å². The predicted octanol–water partition coefficient (Wildman–Crippen LogP) is 3.72. The molecule has 0 aliphatic heterocycles. The van der Waals surface area contributed by atoms with E-state index in [1.54, 1.807) is 0 Å². The smallest absolute Gasteiger partial charge is 0.166 e. The highest BCUT2D eigenvalue weighted by Crippen LogP contribution is 2.36. The van der Waals surface area contributed by atoms with Gasteiger partial charge in [0.15, 0.2) is 11.6 Å². The zero-order valence-corrected chi connectivity index (χ0v) is 11.6. The average Bonchev–Trinajstić information content (AvgIpc) is 2.31.